The van der Waals surface area contributed by atoms with Gasteiger partial charge in [0.2, 0.25) is 5.91 Å². The molecular formula is C18H25N3O2. The molecule has 0 radical (unpaired) electrons. The lowest BCUT2D eigenvalue weighted by molar-refractivity contribution is -0.123. The van der Waals surface area contributed by atoms with Gasteiger partial charge in [-0.3, -0.25) is 4.79 Å². The molecule has 3 unspecified atom stereocenters. The first-order chi connectivity index (χ1) is 11.1. The van der Waals surface area contributed by atoms with Crippen molar-refractivity contribution in [2.24, 2.45) is 0 Å². The molecule has 3 rings (SSSR count). The van der Waals surface area contributed by atoms with Gasteiger partial charge in [-0.05, 0) is 38.2 Å². The van der Waals surface area contributed by atoms with Gasteiger partial charge >= 0.3 is 6.03 Å². The van der Waals surface area contributed by atoms with Crippen molar-refractivity contribution >= 4 is 11.9 Å². The van der Waals surface area contributed by atoms with Crippen LogP contribution >= 0.6 is 0 Å². The minimum atomic E-state index is -0.00428. The highest BCUT2D eigenvalue weighted by atomic mass is 16.2. The maximum Gasteiger partial charge on any atom is 0.317 e. The lowest BCUT2D eigenvalue weighted by Gasteiger charge is -2.33. The van der Waals surface area contributed by atoms with Crippen molar-refractivity contribution in [1.82, 2.24) is 15.5 Å². The van der Waals surface area contributed by atoms with Crippen LogP contribution in [0, 0.1) is 0 Å². The van der Waals surface area contributed by atoms with Crippen LogP contribution in [0.1, 0.15) is 38.2 Å². The van der Waals surface area contributed by atoms with Crippen LogP contribution < -0.4 is 10.6 Å². The molecule has 2 aliphatic heterocycles. The Morgan fingerprint density at radius 2 is 2.09 bits per heavy atom. The van der Waals surface area contributed by atoms with Gasteiger partial charge in [-0.2, -0.15) is 0 Å². The van der Waals surface area contributed by atoms with Crippen molar-refractivity contribution in [3.8, 4) is 0 Å². The second kappa shape index (κ2) is 7.02. The van der Waals surface area contributed by atoms with Gasteiger partial charge < -0.3 is 15.5 Å². The molecule has 2 fully saturated rings. The number of urea groups is 1. The summed E-state index contributed by atoms with van der Waals surface area (Å²) in [7, 11) is 0. The van der Waals surface area contributed by atoms with Crippen LogP contribution in [0.4, 0.5) is 4.79 Å². The normalized spacial score (nSPS) is 27.6. The van der Waals surface area contributed by atoms with Gasteiger partial charge in [0.1, 0.15) is 0 Å². The van der Waals surface area contributed by atoms with E-state index < -0.39 is 0 Å². The van der Waals surface area contributed by atoms with Crippen LogP contribution in [0.5, 0.6) is 0 Å². The van der Waals surface area contributed by atoms with E-state index >= 15 is 0 Å². The number of likely N-dealkylation sites (tertiary alicyclic amines) is 1. The average Bonchev–Trinajstić information content (AvgIpc) is 2.99. The summed E-state index contributed by atoms with van der Waals surface area (Å²) in [6.07, 6.45) is 4.23. The minimum Gasteiger partial charge on any atom is -0.352 e. The van der Waals surface area contributed by atoms with E-state index in [-0.39, 0.29) is 30.1 Å². The first kappa shape index (κ1) is 15.8. The number of carbonyl (C=O) groups excluding carboxylic acids is 2. The third-order valence-corrected chi connectivity index (χ3v) is 4.94. The minimum absolute atomic E-state index is 0.00428. The summed E-state index contributed by atoms with van der Waals surface area (Å²) in [6, 6.07) is 10.6. The Hall–Kier alpha value is -2.04. The van der Waals surface area contributed by atoms with Crippen molar-refractivity contribution in [3.63, 3.8) is 0 Å². The van der Waals surface area contributed by atoms with Gasteiger partial charge in [0.05, 0.1) is 6.04 Å². The third-order valence-electron chi connectivity index (χ3n) is 4.94. The van der Waals surface area contributed by atoms with Crippen molar-refractivity contribution in [1.29, 1.82) is 0 Å². The Balaban J connectivity index is 1.58. The Bertz CT molecular complexity index is 561. The van der Waals surface area contributed by atoms with E-state index in [0.717, 1.165) is 32.2 Å². The number of nitrogens with one attached hydrogen (secondary N) is 2. The Morgan fingerprint density at radius 3 is 2.83 bits per heavy atom. The van der Waals surface area contributed by atoms with E-state index in [4.69, 9.17) is 0 Å². The molecule has 5 heteroatoms. The number of hydrogen-bond donors (Lipinski definition) is 2. The van der Waals surface area contributed by atoms with Gasteiger partial charge in [0.25, 0.3) is 0 Å². The molecular weight excluding hydrogens is 290 g/mol. The van der Waals surface area contributed by atoms with Gasteiger partial charge in [0, 0.05) is 25.0 Å². The quantitative estimate of drug-likeness (QED) is 0.897. The maximum absolute atomic E-state index is 12.6. The van der Waals surface area contributed by atoms with E-state index in [0.29, 0.717) is 6.42 Å². The molecule has 2 aliphatic rings. The fourth-order valence-electron chi connectivity index (χ4n) is 3.60. The van der Waals surface area contributed by atoms with Crippen molar-refractivity contribution < 1.29 is 9.59 Å². The third kappa shape index (κ3) is 3.84. The van der Waals surface area contributed by atoms with Gasteiger partial charge in [0.15, 0.2) is 0 Å². The summed E-state index contributed by atoms with van der Waals surface area (Å²) in [4.78, 5) is 26.0. The number of benzene rings is 1. The molecule has 2 heterocycles. The summed E-state index contributed by atoms with van der Waals surface area (Å²) in [5, 5.41) is 6.02. The molecule has 0 spiro atoms. The number of carbonyl (C=O) groups is 2. The molecule has 5 nitrogen and oxygen atoms in total. The molecule has 0 aliphatic carbocycles. The highest BCUT2D eigenvalue weighted by Crippen LogP contribution is 2.22. The smallest absolute Gasteiger partial charge is 0.317 e. The number of nitrogens with zero attached hydrogens (tertiary/aromatic N) is 1. The van der Waals surface area contributed by atoms with Crippen LogP contribution in [-0.4, -0.2) is 41.5 Å². The summed E-state index contributed by atoms with van der Waals surface area (Å²) < 4.78 is 0. The molecule has 124 valence electrons. The largest absolute Gasteiger partial charge is 0.352 e. The molecule has 0 aromatic heterocycles. The highest BCUT2D eigenvalue weighted by molar-refractivity contribution is 5.79. The summed E-state index contributed by atoms with van der Waals surface area (Å²) in [6.45, 7) is 2.77. The molecule has 1 aromatic carbocycles. The molecule has 3 amide bonds. The zero-order chi connectivity index (χ0) is 16.2. The van der Waals surface area contributed by atoms with E-state index in [1.54, 1.807) is 0 Å². The zero-order valence-corrected chi connectivity index (χ0v) is 13.6. The van der Waals surface area contributed by atoms with Crippen LogP contribution in [0.3, 0.4) is 0 Å². The lowest BCUT2D eigenvalue weighted by atomic mass is 9.99. The standard InChI is InChI=1S/C18H25N3O2/c1-13-16(9-10-17(22)19-13)20-18(23)21-11-5-8-15(21)12-14-6-3-2-4-7-14/h2-4,6-7,13,15-16H,5,8-12H2,1H3,(H,19,22)(H,20,23). The summed E-state index contributed by atoms with van der Waals surface area (Å²) in [5.41, 5.74) is 1.27. The Labute approximate surface area is 137 Å². The first-order valence-electron chi connectivity index (χ1n) is 8.54. The van der Waals surface area contributed by atoms with Gasteiger partial charge in [-0.1, -0.05) is 30.3 Å². The highest BCUT2D eigenvalue weighted by Gasteiger charge is 2.32. The molecule has 1 aromatic rings. The second-order valence-electron chi connectivity index (χ2n) is 6.63. The molecule has 0 saturated carbocycles. The maximum atomic E-state index is 12.6. The first-order valence-corrected chi connectivity index (χ1v) is 8.54. The van der Waals surface area contributed by atoms with Gasteiger partial charge in [-0.15, -0.1) is 0 Å². The van der Waals surface area contributed by atoms with Crippen LogP contribution in [0.15, 0.2) is 30.3 Å². The topological polar surface area (TPSA) is 61.4 Å². The fourth-order valence-corrected chi connectivity index (χ4v) is 3.60. The summed E-state index contributed by atoms with van der Waals surface area (Å²) >= 11 is 0. The van der Waals surface area contributed by atoms with Crippen LogP contribution in [-0.2, 0) is 11.2 Å². The Morgan fingerprint density at radius 1 is 1.30 bits per heavy atom. The van der Waals surface area contributed by atoms with E-state index in [9.17, 15) is 9.59 Å². The van der Waals surface area contributed by atoms with Crippen molar-refractivity contribution in [2.45, 2.75) is 57.2 Å². The molecule has 2 saturated heterocycles. The average molecular weight is 315 g/mol. The van der Waals surface area contributed by atoms with E-state index in [2.05, 4.69) is 22.8 Å². The number of amides is 3. The zero-order valence-electron chi connectivity index (χ0n) is 13.6. The van der Waals surface area contributed by atoms with Crippen molar-refractivity contribution in [3.05, 3.63) is 35.9 Å². The molecule has 2 N–H and O–H groups in total. The molecule has 23 heavy (non-hydrogen) atoms. The SMILES string of the molecule is CC1NC(=O)CCC1NC(=O)N1CCCC1Cc1ccccc1. The predicted octanol–water partition coefficient (Wildman–Crippen LogP) is 2.07. The number of rotatable bonds is 3. The van der Waals surface area contributed by atoms with E-state index in [1.807, 2.05) is 30.0 Å². The van der Waals surface area contributed by atoms with Crippen LogP contribution in [0.25, 0.3) is 0 Å². The molecule has 3 atom stereocenters. The fraction of sp³-hybridized carbons (Fsp3) is 0.556. The monoisotopic (exact) mass is 315 g/mol. The Kier molecular flexibility index (Phi) is 4.84. The predicted molar refractivity (Wildman–Crippen MR) is 89.0 cm³/mol. The summed E-state index contributed by atoms with van der Waals surface area (Å²) in [5.74, 6) is 0.0751. The van der Waals surface area contributed by atoms with Crippen molar-refractivity contribution in [2.75, 3.05) is 6.54 Å². The number of piperidine rings is 1. The van der Waals surface area contributed by atoms with E-state index in [1.165, 1.54) is 5.56 Å². The number of hydrogen-bond acceptors (Lipinski definition) is 2. The van der Waals surface area contributed by atoms with Gasteiger partial charge in [-0.25, -0.2) is 4.79 Å². The molecule has 0 bridgehead atoms. The van der Waals surface area contributed by atoms with Crippen LogP contribution in [0.2, 0.25) is 0 Å². The second-order valence-corrected chi connectivity index (χ2v) is 6.63. The lowest BCUT2D eigenvalue weighted by Crippen LogP contribution is -2.57.